The van der Waals surface area contributed by atoms with Gasteiger partial charge in [-0.05, 0) is 78.7 Å². The van der Waals surface area contributed by atoms with Crippen LogP contribution in [0.15, 0.2) is 59.5 Å². The molecular weight excluding hydrogens is 712 g/mol. The summed E-state index contributed by atoms with van der Waals surface area (Å²) < 4.78 is 2.09. The van der Waals surface area contributed by atoms with E-state index in [0.717, 1.165) is 49.7 Å². The fraction of sp³-hybridized carbons (Fsp3) is 0.421. The molecule has 12 nitrogen and oxygen atoms in total. The van der Waals surface area contributed by atoms with Gasteiger partial charge in [-0.3, -0.25) is 23.9 Å². The molecule has 0 unspecified atom stereocenters. The van der Waals surface area contributed by atoms with E-state index < -0.39 is 6.04 Å². The number of rotatable bonds is 4. The Balaban J connectivity index is 1.20. The second-order valence-electron chi connectivity index (χ2n) is 14.0. The molecule has 264 valence electrons. The van der Waals surface area contributed by atoms with Crippen molar-refractivity contribution in [2.24, 2.45) is 5.41 Å². The second-order valence-corrected chi connectivity index (χ2v) is 14.8. The molecule has 3 amide bonds. The lowest BCUT2D eigenvalue weighted by molar-refractivity contribution is -0.138. The van der Waals surface area contributed by atoms with Gasteiger partial charge in [-0.2, -0.15) is 5.10 Å². The highest BCUT2D eigenvalue weighted by molar-refractivity contribution is 9.10. The number of likely N-dealkylation sites (tertiary alicyclic amines) is 1. The van der Waals surface area contributed by atoms with Crippen molar-refractivity contribution in [3.05, 3.63) is 76.6 Å². The lowest BCUT2D eigenvalue weighted by atomic mass is 9.97. The molecule has 1 N–H and O–H groups in total. The minimum atomic E-state index is -0.756. The quantitative estimate of drug-likeness (QED) is 0.159. The van der Waals surface area contributed by atoms with E-state index in [1.807, 2.05) is 32.2 Å². The van der Waals surface area contributed by atoms with Crippen LogP contribution in [0.3, 0.4) is 0 Å². The number of allylic oxidation sites excluding steroid dienone is 1. The van der Waals surface area contributed by atoms with E-state index in [2.05, 4.69) is 53.4 Å². The third-order valence-corrected chi connectivity index (χ3v) is 10.9. The minimum Gasteiger partial charge on any atom is -0.345 e. The first kappa shape index (κ1) is 34.7. The molecule has 2 fully saturated rings. The van der Waals surface area contributed by atoms with Crippen molar-refractivity contribution >= 4 is 56.2 Å². The number of fused-ring (bicyclic) bond motifs is 3. The average Bonchev–Trinajstić information content (AvgIpc) is 3.52. The van der Waals surface area contributed by atoms with E-state index in [0.29, 0.717) is 45.7 Å². The summed E-state index contributed by atoms with van der Waals surface area (Å²) in [6.07, 6.45) is 14.3. The SMILES string of the molecule is CC(=O)c1nn(CC(=O)N2[C@H]3C[C@@]4(/C=C/CCCCCCN(C)C(=O)Cc5ccc(Br)nc5NC3=O)C[C@@H]24)c2ccc(-c3cnc(C)nc3)cc12. The highest BCUT2D eigenvalue weighted by atomic mass is 79.9. The molecule has 1 aliphatic carbocycles. The lowest BCUT2D eigenvalue weighted by Crippen LogP contribution is -2.47. The molecular formula is C38H41BrN8O4. The fourth-order valence-electron chi connectivity index (χ4n) is 7.50. The molecule has 3 aromatic heterocycles. The standard InChI is InChI=1S/C38H41BrN8O4/c1-23(48)35-28-16-25(27-20-40-24(2)41-21-27)10-12-29(28)46(44-35)22-34(50)47-30-18-38(19-31(38)47)14-8-6-4-5-7-9-15-45(3)33(49)17-26-11-13-32(39)42-36(26)43-37(30)51/h8,10-14,16,20-21,30-31H,4-7,9,15,17-19,22H2,1-3H3,(H,42,43,51)/b14-8+/t30-,31+,38-/m0/s1. The van der Waals surface area contributed by atoms with Crippen LogP contribution in [0.4, 0.5) is 5.82 Å². The Hall–Kier alpha value is -4.78. The molecule has 1 spiro atoms. The average molecular weight is 754 g/mol. The number of likely N-dealkylation sites (N-methyl/N-ethyl adjacent to an activating group) is 1. The number of amides is 3. The summed E-state index contributed by atoms with van der Waals surface area (Å²) in [7, 11) is 1.81. The van der Waals surface area contributed by atoms with Gasteiger partial charge in [0.25, 0.3) is 0 Å². The van der Waals surface area contributed by atoms with Crippen molar-refractivity contribution in [3.8, 4) is 11.1 Å². The minimum absolute atomic E-state index is 0.0489. The number of halogens is 1. The number of hydrogen-bond donors (Lipinski definition) is 1. The Labute approximate surface area is 304 Å². The maximum atomic E-state index is 14.4. The second kappa shape index (κ2) is 14.1. The highest BCUT2D eigenvalue weighted by Gasteiger charge is 2.65. The predicted molar refractivity (Wildman–Crippen MR) is 196 cm³/mol. The van der Waals surface area contributed by atoms with Crippen molar-refractivity contribution < 1.29 is 19.2 Å². The molecule has 5 heterocycles. The molecule has 0 radical (unpaired) electrons. The Morgan fingerprint density at radius 3 is 2.59 bits per heavy atom. The van der Waals surface area contributed by atoms with Gasteiger partial charge in [0.1, 0.15) is 34.5 Å². The molecule has 7 rings (SSSR count). The highest BCUT2D eigenvalue weighted by Crippen LogP contribution is 2.61. The number of benzene rings is 1. The smallest absolute Gasteiger partial charge is 0.248 e. The molecule has 1 saturated carbocycles. The summed E-state index contributed by atoms with van der Waals surface area (Å²) in [6.45, 7) is 3.81. The maximum absolute atomic E-state index is 14.4. The van der Waals surface area contributed by atoms with Crippen molar-refractivity contribution in [2.75, 3.05) is 18.9 Å². The topological polar surface area (TPSA) is 143 Å². The van der Waals surface area contributed by atoms with E-state index in [9.17, 15) is 19.2 Å². The predicted octanol–water partition coefficient (Wildman–Crippen LogP) is 5.68. The van der Waals surface area contributed by atoms with E-state index in [1.54, 1.807) is 39.0 Å². The Bertz CT molecular complexity index is 2060. The van der Waals surface area contributed by atoms with Crippen molar-refractivity contribution in [2.45, 2.75) is 83.8 Å². The fourth-order valence-corrected chi connectivity index (χ4v) is 7.81. The monoisotopic (exact) mass is 752 g/mol. The molecule has 13 heteroatoms. The van der Waals surface area contributed by atoms with Crippen LogP contribution >= 0.6 is 15.9 Å². The van der Waals surface area contributed by atoms with E-state index >= 15 is 0 Å². The van der Waals surface area contributed by atoms with Crippen LogP contribution < -0.4 is 5.32 Å². The number of anilines is 1. The van der Waals surface area contributed by atoms with Gasteiger partial charge in [-0.1, -0.05) is 37.1 Å². The number of carbonyl (C=O) groups is 4. The van der Waals surface area contributed by atoms with Crippen LogP contribution in [0.25, 0.3) is 22.0 Å². The molecule has 2 aliphatic heterocycles. The Morgan fingerprint density at radius 1 is 1.02 bits per heavy atom. The summed E-state index contributed by atoms with van der Waals surface area (Å²) in [5.74, 6) is 0.0865. The zero-order valence-corrected chi connectivity index (χ0v) is 30.6. The molecule has 1 saturated heterocycles. The first-order valence-electron chi connectivity index (χ1n) is 17.5. The zero-order valence-electron chi connectivity index (χ0n) is 29.1. The zero-order chi connectivity index (χ0) is 35.9. The van der Waals surface area contributed by atoms with E-state index in [-0.39, 0.29) is 53.6 Å². The van der Waals surface area contributed by atoms with Crippen LogP contribution in [0, 0.1) is 12.3 Å². The third kappa shape index (κ3) is 7.08. The van der Waals surface area contributed by atoms with Gasteiger partial charge in [0, 0.05) is 60.9 Å². The van der Waals surface area contributed by atoms with Crippen LogP contribution in [0.5, 0.6) is 0 Å². The number of Topliss-reactive ketones (excluding diaryl/α,β-unsaturated/α-hetero) is 1. The molecule has 51 heavy (non-hydrogen) atoms. The summed E-state index contributed by atoms with van der Waals surface area (Å²) >= 11 is 3.41. The van der Waals surface area contributed by atoms with Gasteiger partial charge < -0.3 is 15.1 Å². The van der Waals surface area contributed by atoms with Gasteiger partial charge in [0.05, 0.1) is 11.9 Å². The summed E-state index contributed by atoms with van der Waals surface area (Å²) in [5, 5.41) is 8.22. The number of nitrogens with zero attached hydrogens (tertiary/aromatic N) is 7. The van der Waals surface area contributed by atoms with Crippen LogP contribution in [-0.4, -0.2) is 83.7 Å². The third-order valence-electron chi connectivity index (χ3n) is 10.4. The number of ketones is 1. The van der Waals surface area contributed by atoms with Crippen molar-refractivity contribution in [3.63, 3.8) is 0 Å². The largest absolute Gasteiger partial charge is 0.345 e. The number of aromatic nitrogens is 5. The van der Waals surface area contributed by atoms with Gasteiger partial charge in [0.2, 0.25) is 17.7 Å². The molecule has 2 bridgehead atoms. The molecule has 3 atom stereocenters. The Morgan fingerprint density at radius 2 is 1.80 bits per heavy atom. The number of pyridine rings is 1. The first-order chi connectivity index (χ1) is 24.5. The molecule has 1 aromatic carbocycles. The maximum Gasteiger partial charge on any atom is 0.248 e. The molecule has 4 aromatic rings. The number of piperidine rings is 1. The number of carbonyl (C=O) groups excluding carboxylic acids is 4. The summed E-state index contributed by atoms with van der Waals surface area (Å²) in [5.41, 5.74) is 2.87. The van der Waals surface area contributed by atoms with Gasteiger partial charge in [-0.15, -0.1) is 0 Å². The number of nitrogens with one attached hydrogen (secondary N) is 1. The van der Waals surface area contributed by atoms with Crippen molar-refractivity contribution in [1.82, 2.24) is 34.5 Å². The van der Waals surface area contributed by atoms with E-state index in [1.165, 1.54) is 6.92 Å². The van der Waals surface area contributed by atoms with Gasteiger partial charge in [-0.25, -0.2) is 15.0 Å². The molecule has 3 aliphatic rings. The number of hydrogen-bond acceptors (Lipinski definition) is 8. The van der Waals surface area contributed by atoms with Crippen LogP contribution in [0.1, 0.15) is 73.7 Å². The summed E-state index contributed by atoms with van der Waals surface area (Å²) in [6, 6.07) is 8.29. The van der Waals surface area contributed by atoms with Crippen LogP contribution in [-0.2, 0) is 27.3 Å². The van der Waals surface area contributed by atoms with E-state index in [4.69, 9.17) is 0 Å². The number of aryl methyl sites for hydroxylation is 1. The first-order valence-corrected chi connectivity index (χ1v) is 18.3. The van der Waals surface area contributed by atoms with Crippen molar-refractivity contribution in [1.29, 1.82) is 0 Å². The Kier molecular flexibility index (Phi) is 9.58. The van der Waals surface area contributed by atoms with Gasteiger partial charge in [0.15, 0.2) is 5.78 Å². The van der Waals surface area contributed by atoms with Gasteiger partial charge >= 0.3 is 0 Å². The summed E-state index contributed by atoms with van der Waals surface area (Å²) in [4.78, 5) is 71.0. The van der Waals surface area contributed by atoms with Crippen LogP contribution in [0.2, 0.25) is 0 Å². The normalized spacial score (nSPS) is 23.2. The lowest BCUT2D eigenvalue weighted by Gasteiger charge is -2.27.